The molecule has 0 atom stereocenters. The molecule has 0 saturated carbocycles. The number of benzene rings is 2. The van der Waals surface area contributed by atoms with Crippen LogP contribution in [0, 0.1) is 5.82 Å². The number of methoxy groups -OCH3 is 2. The fourth-order valence-electron chi connectivity index (χ4n) is 1.97. The van der Waals surface area contributed by atoms with Crippen molar-refractivity contribution in [1.82, 2.24) is 0 Å². The first-order chi connectivity index (χ1) is 11.2. The van der Waals surface area contributed by atoms with E-state index in [4.69, 9.17) is 9.47 Å². The Kier molecular flexibility index (Phi) is 4.96. The highest BCUT2D eigenvalue weighted by Gasteiger charge is 2.34. The van der Waals surface area contributed by atoms with Crippen molar-refractivity contribution in [3.8, 4) is 11.5 Å². The Morgan fingerprint density at radius 3 is 2.08 bits per heavy atom. The second-order valence-electron chi connectivity index (χ2n) is 4.75. The summed E-state index contributed by atoms with van der Waals surface area (Å²) in [5, 5.41) is 2.42. The molecular formula is C16H13F4NO3. The molecule has 0 aliphatic heterocycles. The normalized spacial score (nSPS) is 11.1. The lowest BCUT2D eigenvalue weighted by Crippen LogP contribution is -2.15. The summed E-state index contributed by atoms with van der Waals surface area (Å²) in [6, 6.07) is 6.53. The summed E-state index contributed by atoms with van der Waals surface area (Å²) in [5.41, 5.74) is -1.57. The minimum Gasteiger partial charge on any atom is -0.497 e. The molecule has 0 aliphatic rings. The first-order valence-corrected chi connectivity index (χ1v) is 6.65. The Morgan fingerprint density at radius 2 is 1.58 bits per heavy atom. The van der Waals surface area contributed by atoms with Crippen LogP contribution in [0.15, 0.2) is 36.4 Å². The molecule has 24 heavy (non-hydrogen) atoms. The zero-order valence-electron chi connectivity index (χ0n) is 12.7. The number of carbonyl (C=O) groups excluding carboxylic acids is 1. The van der Waals surface area contributed by atoms with Gasteiger partial charge in [0, 0.05) is 29.4 Å². The van der Waals surface area contributed by atoms with Crippen molar-refractivity contribution in [1.29, 1.82) is 0 Å². The monoisotopic (exact) mass is 343 g/mol. The van der Waals surface area contributed by atoms with Crippen molar-refractivity contribution in [2.24, 2.45) is 0 Å². The third kappa shape index (κ3) is 3.95. The summed E-state index contributed by atoms with van der Waals surface area (Å²) in [5.74, 6) is -1.49. The Hall–Kier alpha value is -2.77. The molecule has 0 saturated heterocycles. The van der Waals surface area contributed by atoms with Crippen LogP contribution in [0.1, 0.15) is 15.9 Å². The number of carbonyl (C=O) groups is 1. The average Bonchev–Trinajstić information content (AvgIpc) is 2.53. The quantitative estimate of drug-likeness (QED) is 0.850. The molecule has 128 valence electrons. The molecule has 0 unspecified atom stereocenters. The Balaban J connectivity index is 2.31. The lowest BCUT2D eigenvalue weighted by atomic mass is 10.1. The van der Waals surface area contributed by atoms with Crippen LogP contribution in [0.5, 0.6) is 11.5 Å². The van der Waals surface area contributed by atoms with Crippen LogP contribution in [0.3, 0.4) is 0 Å². The molecule has 0 spiro atoms. The van der Waals surface area contributed by atoms with E-state index in [2.05, 4.69) is 5.32 Å². The van der Waals surface area contributed by atoms with Gasteiger partial charge in [-0.3, -0.25) is 4.79 Å². The van der Waals surface area contributed by atoms with Crippen LogP contribution >= 0.6 is 0 Å². The van der Waals surface area contributed by atoms with Crippen molar-refractivity contribution >= 4 is 11.6 Å². The number of nitrogens with one attached hydrogen (secondary N) is 1. The second kappa shape index (κ2) is 6.77. The fourth-order valence-corrected chi connectivity index (χ4v) is 1.97. The second-order valence-corrected chi connectivity index (χ2v) is 4.75. The van der Waals surface area contributed by atoms with Gasteiger partial charge in [-0.05, 0) is 18.2 Å². The molecular weight excluding hydrogens is 330 g/mol. The van der Waals surface area contributed by atoms with Gasteiger partial charge in [0.2, 0.25) is 0 Å². The van der Waals surface area contributed by atoms with Crippen LogP contribution in [0.2, 0.25) is 0 Å². The molecule has 0 fully saturated rings. The highest BCUT2D eigenvalue weighted by atomic mass is 19.4. The summed E-state index contributed by atoms with van der Waals surface area (Å²) < 4.78 is 61.5. The molecule has 0 bridgehead atoms. The summed E-state index contributed by atoms with van der Waals surface area (Å²) in [7, 11) is 2.83. The summed E-state index contributed by atoms with van der Waals surface area (Å²) in [6.07, 6.45) is -4.89. The third-order valence-electron chi connectivity index (χ3n) is 3.14. The van der Waals surface area contributed by atoms with E-state index in [-0.39, 0.29) is 11.3 Å². The lowest BCUT2D eigenvalue weighted by Gasteiger charge is -2.12. The molecule has 1 amide bonds. The van der Waals surface area contributed by atoms with E-state index in [0.29, 0.717) is 23.6 Å². The van der Waals surface area contributed by atoms with Crippen molar-refractivity contribution in [3.05, 3.63) is 53.3 Å². The minimum absolute atomic E-state index is 0.258. The van der Waals surface area contributed by atoms with Crippen LogP contribution < -0.4 is 14.8 Å². The highest BCUT2D eigenvalue weighted by Crippen LogP contribution is 2.32. The number of amides is 1. The maximum atomic E-state index is 13.3. The maximum absolute atomic E-state index is 13.3. The fraction of sp³-hybridized carbons (Fsp3) is 0.188. The van der Waals surface area contributed by atoms with Crippen molar-refractivity contribution in [2.75, 3.05) is 19.5 Å². The van der Waals surface area contributed by atoms with Gasteiger partial charge in [-0.15, -0.1) is 0 Å². The zero-order chi connectivity index (χ0) is 17.9. The van der Waals surface area contributed by atoms with Gasteiger partial charge in [-0.25, -0.2) is 4.39 Å². The molecule has 1 N–H and O–H groups in total. The molecule has 0 radical (unpaired) electrons. The van der Waals surface area contributed by atoms with Gasteiger partial charge in [-0.1, -0.05) is 0 Å². The Labute approximate surface area is 135 Å². The van der Waals surface area contributed by atoms with Gasteiger partial charge < -0.3 is 14.8 Å². The van der Waals surface area contributed by atoms with Crippen molar-refractivity contribution < 1.29 is 31.8 Å². The largest absolute Gasteiger partial charge is 0.497 e. The summed E-state index contributed by atoms with van der Waals surface area (Å²) >= 11 is 0. The van der Waals surface area contributed by atoms with E-state index >= 15 is 0 Å². The van der Waals surface area contributed by atoms with E-state index < -0.39 is 23.5 Å². The topological polar surface area (TPSA) is 47.6 Å². The Morgan fingerprint density at radius 1 is 1.00 bits per heavy atom. The van der Waals surface area contributed by atoms with Gasteiger partial charge in [0.15, 0.2) is 0 Å². The minimum atomic E-state index is -4.89. The van der Waals surface area contributed by atoms with E-state index in [1.165, 1.54) is 26.4 Å². The molecule has 2 rings (SSSR count). The summed E-state index contributed by atoms with van der Waals surface area (Å²) in [4.78, 5) is 12.1. The standard InChI is InChI=1S/C16H13F4NO3/c1-23-11-6-10(7-12(8-11)24-2)21-15(22)9-3-4-14(17)13(5-9)16(18,19)20/h3-8H,1-2H3,(H,21,22). The number of alkyl halides is 3. The van der Waals surface area contributed by atoms with Gasteiger partial charge in [-0.2, -0.15) is 13.2 Å². The van der Waals surface area contributed by atoms with Gasteiger partial charge in [0.1, 0.15) is 17.3 Å². The van der Waals surface area contributed by atoms with E-state index in [9.17, 15) is 22.4 Å². The molecule has 0 heterocycles. The van der Waals surface area contributed by atoms with E-state index in [1.807, 2.05) is 0 Å². The number of hydrogen-bond acceptors (Lipinski definition) is 3. The number of hydrogen-bond donors (Lipinski definition) is 1. The summed E-state index contributed by atoms with van der Waals surface area (Å²) in [6.45, 7) is 0. The first kappa shape index (κ1) is 17.6. The molecule has 0 aromatic heterocycles. The van der Waals surface area contributed by atoms with Crippen LogP contribution in [-0.2, 0) is 6.18 Å². The van der Waals surface area contributed by atoms with E-state index in [1.54, 1.807) is 6.07 Å². The highest BCUT2D eigenvalue weighted by molar-refractivity contribution is 6.04. The first-order valence-electron chi connectivity index (χ1n) is 6.65. The lowest BCUT2D eigenvalue weighted by molar-refractivity contribution is -0.140. The van der Waals surface area contributed by atoms with Gasteiger partial charge in [0.05, 0.1) is 19.8 Å². The smallest absolute Gasteiger partial charge is 0.419 e. The van der Waals surface area contributed by atoms with Crippen molar-refractivity contribution in [2.45, 2.75) is 6.18 Å². The molecule has 4 nitrogen and oxygen atoms in total. The van der Waals surface area contributed by atoms with Crippen LogP contribution in [-0.4, -0.2) is 20.1 Å². The van der Waals surface area contributed by atoms with Gasteiger partial charge in [0.25, 0.3) is 5.91 Å². The predicted molar refractivity (Wildman–Crippen MR) is 78.9 cm³/mol. The maximum Gasteiger partial charge on any atom is 0.419 e. The Bertz CT molecular complexity index is 737. The SMILES string of the molecule is COc1cc(NC(=O)c2ccc(F)c(C(F)(F)F)c2)cc(OC)c1. The zero-order valence-corrected chi connectivity index (χ0v) is 12.7. The van der Waals surface area contributed by atoms with Gasteiger partial charge >= 0.3 is 6.18 Å². The predicted octanol–water partition coefficient (Wildman–Crippen LogP) is 4.11. The molecule has 2 aromatic rings. The van der Waals surface area contributed by atoms with E-state index in [0.717, 1.165) is 6.07 Å². The van der Waals surface area contributed by atoms with Crippen LogP contribution in [0.25, 0.3) is 0 Å². The number of ether oxygens (including phenoxy) is 2. The molecule has 8 heteroatoms. The number of anilines is 1. The average molecular weight is 343 g/mol. The molecule has 0 aliphatic carbocycles. The van der Waals surface area contributed by atoms with Crippen LogP contribution in [0.4, 0.5) is 23.2 Å². The number of rotatable bonds is 4. The number of halogens is 4. The third-order valence-corrected chi connectivity index (χ3v) is 3.14. The van der Waals surface area contributed by atoms with Crippen molar-refractivity contribution in [3.63, 3.8) is 0 Å². The molecule has 2 aromatic carbocycles.